The third-order valence-electron chi connectivity index (χ3n) is 14.3. The van der Waals surface area contributed by atoms with Crippen LogP contribution >= 0.6 is 11.6 Å². The van der Waals surface area contributed by atoms with Crippen LogP contribution in [0.1, 0.15) is 89.2 Å². The number of nitrogens with two attached hydrogens (primary N) is 1. The van der Waals surface area contributed by atoms with Crippen LogP contribution in [0.25, 0.3) is 11.0 Å². The molecule has 5 heterocycles. The number of aromatic nitrogens is 6. The Morgan fingerprint density at radius 3 is 2.03 bits per heavy atom. The summed E-state index contributed by atoms with van der Waals surface area (Å²) >= 11 is 6.43. The molecule has 28 nitrogen and oxygen atoms in total. The number of unbranched alkanes of at least 4 members (excludes halogenated alkanes) is 1. The number of ether oxygens (including phenoxy) is 10. The van der Waals surface area contributed by atoms with E-state index < -0.39 is 35.0 Å². The van der Waals surface area contributed by atoms with Gasteiger partial charge >= 0.3 is 12.1 Å². The molecule has 1 fully saturated rings. The number of fused-ring (bicyclic) bond motifs is 3. The largest absolute Gasteiger partial charge is 0.480 e. The molecule has 3 aromatic heterocycles. The van der Waals surface area contributed by atoms with E-state index in [1.54, 1.807) is 42.7 Å². The summed E-state index contributed by atoms with van der Waals surface area (Å²) in [6.45, 7) is 15.1. The van der Waals surface area contributed by atoms with Gasteiger partial charge in [0, 0.05) is 50.6 Å². The second-order valence-corrected chi connectivity index (χ2v) is 22.1. The van der Waals surface area contributed by atoms with Gasteiger partial charge in [0.25, 0.3) is 0 Å². The number of amides is 3. The van der Waals surface area contributed by atoms with E-state index in [9.17, 15) is 29.4 Å². The lowest BCUT2D eigenvalue weighted by Crippen LogP contribution is -2.51. The number of guanidine groups is 1. The van der Waals surface area contributed by atoms with Crippen molar-refractivity contribution in [2.75, 3.05) is 137 Å². The van der Waals surface area contributed by atoms with Gasteiger partial charge in [-0.3, -0.25) is 20.0 Å². The summed E-state index contributed by atoms with van der Waals surface area (Å²) in [6.07, 6.45) is 7.17. The number of carboxylic acids is 1. The van der Waals surface area contributed by atoms with E-state index in [1.807, 2.05) is 30.5 Å². The quantitative estimate of drug-likeness (QED) is 0.0209. The summed E-state index contributed by atoms with van der Waals surface area (Å²) in [6, 6.07) is 6.27. The number of carbonyl (C=O) groups excluding carboxylic acids is 3. The molecule has 1 saturated heterocycles. The van der Waals surface area contributed by atoms with E-state index in [2.05, 4.69) is 30.5 Å². The molecule has 0 radical (unpaired) electrons. The van der Waals surface area contributed by atoms with Crippen molar-refractivity contribution in [2.45, 2.75) is 122 Å². The number of aliphatic carboxylic acids is 1. The van der Waals surface area contributed by atoms with Crippen LogP contribution in [0.5, 0.6) is 0 Å². The van der Waals surface area contributed by atoms with Gasteiger partial charge < -0.3 is 88.3 Å². The van der Waals surface area contributed by atoms with Crippen molar-refractivity contribution in [1.82, 2.24) is 45.1 Å². The van der Waals surface area contributed by atoms with Crippen molar-refractivity contribution >= 4 is 58.2 Å². The molecule has 0 saturated carbocycles. The molecule has 2 aliphatic rings. The van der Waals surface area contributed by atoms with Gasteiger partial charge in [-0.1, -0.05) is 16.8 Å². The number of aliphatic hydroxyl groups is 1. The maximum Gasteiger partial charge on any atom is 0.410 e. The van der Waals surface area contributed by atoms with Crippen LogP contribution in [-0.4, -0.2) is 224 Å². The first-order valence-electron chi connectivity index (χ1n) is 29.8. The Balaban J connectivity index is 0.803. The maximum absolute atomic E-state index is 14.8. The standard InChI is InChI=1S/C58H89ClN12O16/c1-43(72)11-21-79-24-27-82-30-31-83-28-25-80-22-19-69-40-45(66-67-69)42-86-36-35-85-34-33-84-32-29-81-26-23-78-20-5-4-16-70-49-9-8-44(59)37-48(49)64-51(70)41-71-50-39-62-15-10-46(50)58(54(71)76)12-17-68(18-13-58)56(77)87-57(2,3)38-52(73)65-47(53(74)75)7-6-14-63-55(60)61/h8-10,15,37,39-40,43,47,72H,4-7,11-14,16-36,38,41-42H2,1-3H3,(H,65,73)(H,74,75)(H4,60,61,63)/t43?,47-/m0/s1. The highest BCUT2D eigenvalue weighted by Gasteiger charge is 2.53. The molecule has 3 amide bonds. The number of halogens is 1. The van der Waals surface area contributed by atoms with Crippen molar-refractivity contribution in [3.05, 3.63) is 65.0 Å². The van der Waals surface area contributed by atoms with Crippen LogP contribution in [0.3, 0.4) is 0 Å². The van der Waals surface area contributed by atoms with Gasteiger partial charge in [-0.25, -0.2) is 19.3 Å². The lowest BCUT2D eigenvalue weighted by Gasteiger charge is -2.39. The van der Waals surface area contributed by atoms with Crippen LogP contribution in [0.4, 0.5) is 10.5 Å². The van der Waals surface area contributed by atoms with E-state index in [4.69, 9.17) is 75.1 Å². The lowest BCUT2D eigenvalue weighted by atomic mass is 9.74. The molecule has 0 bridgehead atoms. The number of piperidine rings is 1. The summed E-state index contributed by atoms with van der Waals surface area (Å²) in [5.41, 5.74) is 6.93. The minimum Gasteiger partial charge on any atom is -0.480 e. The van der Waals surface area contributed by atoms with Gasteiger partial charge in [-0.05, 0) is 95.5 Å². The predicted molar refractivity (Wildman–Crippen MR) is 318 cm³/mol. The molecule has 6 rings (SSSR count). The number of likely N-dealkylation sites (tertiary alicyclic amines) is 1. The van der Waals surface area contributed by atoms with Crippen molar-refractivity contribution < 1.29 is 76.8 Å². The van der Waals surface area contributed by atoms with Crippen molar-refractivity contribution in [1.29, 1.82) is 5.41 Å². The number of pyridine rings is 1. The van der Waals surface area contributed by atoms with Crippen LogP contribution < -0.4 is 21.3 Å². The number of imidazole rings is 1. The van der Waals surface area contributed by atoms with Crippen LogP contribution in [0.15, 0.2) is 42.9 Å². The van der Waals surface area contributed by atoms with Gasteiger partial charge in [0.05, 0.1) is 166 Å². The fraction of sp³-hybridized carbons (Fsp3) is 0.672. The van der Waals surface area contributed by atoms with Gasteiger partial charge in [0.2, 0.25) is 11.8 Å². The van der Waals surface area contributed by atoms with Crippen molar-refractivity contribution in [2.24, 2.45) is 5.73 Å². The Kier molecular flexibility index (Phi) is 30.2. The fourth-order valence-electron chi connectivity index (χ4n) is 9.84. The molecule has 484 valence electrons. The molecule has 7 N–H and O–H groups in total. The zero-order valence-corrected chi connectivity index (χ0v) is 51.2. The van der Waals surface area contributed by atoms with Gasteiger partial charge in [0.15, 0.2) is 5.96 Å². The second-order valence-electron chi connectivity index (χ2n) is 21.7. The smallest absolute Gasteiger partial charge is 0.410 e. The van der Waals surface area contributed by atoms with Gasteiger partial charge in [-0.15, -0.1) is 5.10 Å². The Morgan fingerprint density at radius 2 is 1.41 bits per heavy atom. The van der Waals surface area contributed by atoms with Crippen molar-refractivity contribution in [3.8, 4) is 0 Å². The van der Waals surface area contributed by atoms with Crippen molar-refractivity contribution in [3.63, 3.8) is 0 Å². The summed E-state index contributed by atoms with van der Waals surface area (Å²) in [5, 5.41) is 40.0. The molecule has 0 aliphatic carbocycles. The summed E-state index contributed by atoms with van der Waals surface area (Å²) < 4.78 is 60.1. The average Bonchev–Trinajstić information content (AvgIpc) is 1.62. The molecule has 29 heteroatoms. The first kappa shape index (κ1) is 69.9. The first-order chi connectivity index (χ1) is 42.0. The van der Waals surface area contributed by atoms with Crippen LogP contribution in [0.2, 0.25) is 5.02 Å². The summed E-state index contributed by atoms with van der Waals surface area (Å²) in [4.78, 5) is 65.8. The number of carboxylic acid groups (broad SMARTS) is 1. The number of carbonyl (C=O) groups is 4. The number of aryl methyl sites for hydroxylation is 1. The number of hydrogen-bond donors (Lipinski definition) is 6. The predicted octanol–water partition coefficient (Wildman–Crippen LogP) is 3.60. The Labute approximate surface area is 512 Å². The molecule has 87 heavy (non-hydrogen) atoms. The number of benzene rings is 1. The third-order valence-corrected chi connectivity index (χ3v) is 14.5. The highest BCUT2D eigenvalue weighted by atomic mass is 35.5. The highest BCUT2D eigenvalue weighted by molar-refractivity contribution is 6.31. The molecule has 2 atom stereocenters. The van der Waals surface area contributed by atoms with E-state index in [0.717, 1.165) is 29.6 Å². The fourth-order valence-corrected chi connectivity index (χ4v) is 10.0. The zero-order valence-electron chi connectivity index (χ0n) is 50.5. The Bertz CT molecular complexity index is 2730. The molecular formula is C58H89ClN12O16. The SMILES string of the molecule is CC(O)CCOCCOCCOCCOCCn1cc(COCCOCCOCCOCCOCCCCn2c(CN3C(=O)C4(CCN(C(=O)OC(C)(C)CC(=O)N[C@@H](CCCNC(=N)N)C(=O)O)CC4)c4ccncc43)nc3cc(Cl)ccc32)nn1. The molecule has 2 aliphatic heterocycles. The Morgan fingerprint density at radius 1 is 0.805 bits per heavy atom. The maximum atomic E-state index is 14.8. The summed E-state index contributed by atoms with van der Waals surface area (Å²) in [7, 11) is 0. The molecule has 1 spiro atoms. The van der Waals surface area contributed by atoms with Crippen LogP contribution in [-0.2, 0) is 93.4 Å². The number of nitrogens with zero attached hydrogens (tertiary/aromatic N) is 8. The molecular weight excluding hydrogens is 1160 g/mol. The normalized spacial score (nSPS) is 14.7. The van der Waals surface area contributed by atoms with Gasteiger partial charge in [0.1, 0.15) is 23.2 Å². The molecule has 1 unspecified atom stereocenters. The number of hydrogen-bond acceptors (Lipinski definition) is 20. The van der Waals surface area contributed by atoms with Crippen LogP contribution in [0, 0.1) is 5.41 Å². The minimum absolute atomic E-state index is 0.104. The molecule has 4 aromatic rings. The molecule has 1 aromatic carbocycles. The third kappa shape index (κ3) is 24.0. The zero-order chi connectivity index (χ0) is 62.3. The second kappa shape index (κ2) is 37.6. The highest BCUT2D eigenvalue weighted by Crippen LogP contribution is 2.48. The topological polar surface area (TPSA) is 343 Å². The van der Waals surface area contributed by atoms with E-state index in [-0.39, 0.29) is 57.0 Å². The number of aliphatic hydroxyl groups excluding tert-OH is 1. The Hall–Kier alpha value is -6.18. The van der Waals surface area contributed by atoms with Gasteiger partial charge in [-0.2, -0.15) is 0 Å². The van der Waals surface area contributed by atoms with E-state index in [1.165, 1.54) is 4.90 Å². The summed E-state index contributed by atoms with van der Waals surface area (Å²) in [5.74, 6) is -1.46. The number of anilines is 1. The lowest BCUT2D eigenvalue weighted by molar-refractivity contribution is -0.142. The first-order valence-corrected chi connectivity index (χ1v) is 30.2. The number of rotatable bonds is 45. The number of nitrogens with one attached hydrogen (secondary N) is 3. The average molecular weight is 1250 g/mol. The minimum atomic E-state index is -1.28. The monoisotopic (exact) mass is 1240 g/mol. The van der Waals surface area contributed by atoms with E-state index >= 15 is 0 Å². The van der Waals surface area contributed by atoms with E-state index in [0.29, 0.717) is 180 Å².